The fraction of sp³-hybridized carbons (Fsp3) is 1.00. The van der Waals surface area contributed by atoms with Crippen LogP contribution in [0.5, 0.6) is 0 Å². The third-order valence-corrected chi connectivity index (χ3v) is 2.42. The molecule has 0 heterocycles. The van der Waals surface area contributed by atoms with Crippen molar-refractivity contribution in [3.8, 4) is 0 Å². The Balaban J connectivity index is 0.000000605. The average Bonchev–Trinajstić information content (AvgIpc) is 2.77. The maximum Gasteiger partial charge on any atom is 0.0110 e. The van der Waals surface area contributed by atoms with Gasteiger partial charge < -0.3 is 5.73 Å². The summed E-state index contributed by atoms with van der Waals surface area (Å²) in [4.78, 5) is 2.61. The van der Waals surface area contributed by atoms with E-state index < -0.39 is 0 Å². The van der Waals surface area contributed by atoms with Crippen LogP contribution in [0, 0.1) is 0 Å². The fourth-order valence-electron chi connectivity index (χ4n) is 1.62. The zero-order chi connectivity index (χ0) is 6.97. The Morgan fingerprint density at radius 1 is 1.00 bits per heavy atom. The highest BCUT2D eigenvalue weighted by molar-refractivity contribution is 5.85. The van der Waals surface area contributed by atoms with Crippen LogP contribution in [0.4, 0.5) is 0 Å². The van der Waals surface area contributed by atoms with Crippen LogP contribution in [0.2, 0.25) is 0 Å². The third kappa shape index (κ3) is 3.09. The van der Waals surface area contributed by atoms with Gasteiger partial charge in [-0.1, -0.05) is 0 Å². The second-order valence-electron chi connectivity index (χ2n) is 3.49. The first-order valence-corrected chi connectivity index (χ1v) is 4.37. The van der Waals surface area contributed by atoms with Crippen molar-refractivity contribution >= 4 is 24.8 Å². The predicted molar refractivity (Wildman–Crippen MR) is 56.3 cm³/mol. The SMILES string of the molecule is Cl.Cl.NCCN(C1CC1)C1CC1. The molecular weight excluding hydrogens is 195 g/mol. The smallest absolute Gasteiger partial charge is 0.0110 e. The first kappa shape index (κ1) is 12.5. The lowest BCUT2D eigenvalue weighted by atomic mass is 10.4. The molecule has 2 saturated carbocycles. The molecule has 0 atom stereocenters. The Bertz CT molecular complexity index is 112. The first-order valence-electron chi connectivity index (χ1n) is 4.37. The van der Waals surface area contributed by atoms with Crippen molar-refractivity contribution < 1.29 is 0 Å². The van der Waals surface area contributed by atoms with E-state index in [9.17, 15) is 0 Å². The van der Waals surface area contributed by atoms with Crippen LogP contribution in [0.1, 0.15) is 25.7 Å². The molecule has 0 aliphatic heterocycles. The average molecular weight is 213 g/mol. The molecule has 0 radical (unpaired) electrons. The van der Waals surface area contributed by atoms with Gasteiger partial charge in [-0.25, -0.2) is 0 Å². The second-order valence-corrected chi connectivity index (χ2v) is 3.49. The lowest BCUT2D eigenvalue weighted by Crippen LogP contribution is -2.33. The Labute approximate surface area is 86.7 Å². The van der Waals surface area contributed by atoms with Crippen LogP contribution in [-0.2, 0) is 0 Å². The van der Waals surface area contributed by atoms with Gasteiger partial charge in [-0.3, -0.25) is 4.90 Å². The molecule has 74 valence electrons. The Morgan fingerprint density at radius 2 is 1.42 bits per heavy atom. The van der Waals surface area contributed by atoms with Gasteiger partial charge in [-0.2, -0.15) is 0 Å². The summed E-state index contributed by atoms with van der Waals surface area (Å²) < 4.78 is 0. The summed E-state index contributed by atoms with van der Waals surface area (Å²) in [5.74, 6) is 0. The molecule has 0 spiro atoms. The molecule has 0 unspecified atom stereocenters. The minimum atomic E-state index is 0. The van der Waals surface area contributed by atoms with Crippen molar-refractivity contribution in [2.24, 2.45) is 5.73 Å². The zero-order valence-corrected chi connectivity index (χ0v) is 8.87. The Kier molecular flexibility index (Phi) is 5.50. The molecule has 4 heteroatoms. The summed E-state index contributed by atoms with van der Waals surface area (Å²) in [5, 5.41) is 0. The molecular formula is C8H18Cl2N2. The summed E-state index contributed by atoms with van der Waals surface area (Å²) in [6.45, 7) is 1.97. The molecule has 12 heavy (non-hydrogen) atoms. The predicted octanol–water partition coefficient (Wildman–Crippen LogP) is 1.42. The van der Waals surface area contributed by atoms with Crippen molar-refractivity contribution in [1.82, 2.24) is 4.90 Å². The highest BCUT2D eigenvalue weighted by Crippen LogP contribution is 2.36. The maximum atomic E-state index is 5.52. The molecule has 0 bridgehead atoms. The molecule has 2 nitrogen and oxygen atoms in total. The van der Waals surface area contributed by atoms with Gasteiger partial charge in [0.1, 0.15) is 0 Å². The second kappa shape index (κ2) is 5.28. The van der Waals surface area contributed by atoms with E-state index in [1.165, 1.54) is 25.7 Å². The number of halogens is 2. The molecule has 0 amide bonds. The van der Waals surface area contributed by atoms with Crippen LogP contribution >= 0.6 is 24.8 Å². The molecule has 0 saturated heterocycles. The topological polar surface area (TPSA) is 29.3 Å². The first-order chi connectivity index (χ1) is 4.92. The van der Waals surface area contributed by atoms with Gasteiger partial charge in [0.05, 0.1) is 0 Å². The number of nitrogens with zero attached hydrogens (tertiary/aromatic N) is 1. The van der Waals surface area contributed by atoms with Crippen LogP contribution in [0.15, 0.2) is 0 Å². The van der Waals surface area contributed by atoms with Gasteiger partial charge in [-0.15, -0.1) is 24.8 Å². The Morgan fingerprint density at radius 3 is 1.67 bits per heavy atom. The van der Waals surface area contributed by atoms with E-state index in [0.29, 0.717) is 0 Å². The summed E-state index contributed by atoms with van der Waals surface area (Å²) in [7, 11) is 0. The minimum Gasteiger partial charge on any atom is -0.329 e. The monoisotopic (exact) mass is 212 g/mol. The van der Waals surface area contributed by atoms with Gasteiger partial charge in [0, 0.05) is 25.2 Å². The normalized spacial score (nSPS) is 21.5. The standard InChI is InChI=1S/C8H16N2.2ClH/c9-5-6-10(7-1-2-7)8-3-4-8;;/h7-8H,1-6,9H2;2*1H. The summed E-state index contributed by atoms with van der Waals surface area (Å²) in [5.41, 5.74) is 5.52. The molecule has 2 fully saturated rings. The van der Waals surface area contributed by atoms with E-state index in [0.717, 1.165) is 25.2 Å². The molecule has 0 aromatic rings. The van der Waals surface area contributed by atoms with Crippen molar-refractivity contribution in [3.63, 3.8) is 0 Å². The van der Waals surface area contributed by atoms with Gasteiger partial charge >= 0.3 is 0 Å². The van der Waals surface area contributed by atoms with Gasteiger partial charge in [0.15, 0.2) is 0 Å². The number of rotatable bonds is 4. The molecule has 0 aromatic heterocycles. The maximum absolute atomic E-state index is 5.52. The summed E-state index contributed by atoms with van der Waals surface area (Å²) in [6.07, 6.45) is 5.71. The quantitative estimate of drug-likeness (QED) is 0.765. The van der Waals surface area contributed by atoms with Crippen LogP contribution in [-0.4, -0.2) is 30.1 Å². The largest absolute Gasteiger partial charge is 0.329 e. The summed E-state index contributed by atoms with van der Waals surface area (Å²) >= 11 is 0. The molecule has 2 rings (SSSR count). The molecule has 2 N–H and O–H groups in total. The fourth-order valence-corrected chi connectivity index (χ4v) is 1.62. The number of hydrogen-bond acceptors (Lipinski definition) is 2. The molecule has 2 aliphatic carbocycles. The van der Waals surface area contributed by atoms with E-state index in [1.54, 1.807) is 0 Å². The van der Waals surface area contributed by atoms with E-state index in [2.05, 4.69) is 4.90 Å². The highest BCUT2D eigenvalue weighted by Gasteiger charge is 2.38. The van der Waals surface area contributed by atoms with E-state index in [-0.39, 0.29) is 24.8 Å². The third-order valence-electron chi connectivity index (χ3n) is 2.42. The van der Waals surface area contributed by atoms with Crippen molar-refractivity contribution in [1.29, 1.82) is 0 Å². The number of hydrogen-bond donors (Lipinski definition) is 1. The van der Waals surface area contributed by atoms with E-state index in [1.807, 2.05) is 0 Å². The van der Waals surface area contributed by atoms with Gasteiger partial charge in [0.2, 0.25) is 0 Å². The van der Waals surface area contributed by atoms with Crippen molar-refractivity contribution in [2.45, 2.75) is 37.8 Å². The number of nitrogens with two attached hydrogens (primary N) is 1. The molecule has 2 aliphatic rings. The van der Waals surface area contributed by atoms with Gasteiger partial charge in [0.25, 0.3) is 0 Å². The minimum absolute atomic E-state index is 0. The lowest BCUT2D eigenvalue weighted by Gasteiger charge is -2.19. The molecule has 0 aromatic carbocycles. The zero-order valence-electron chi connectivity index (χ0n) is 7.24. The lowest BCUT2D eigenvalue weighted by molar-refractivity contribution is 0.260. The van der Waals surface area contributed by atoms with Crippen LogP contribution < -0.4 is 5.73 Å². The van der Waals surface area contributed by atoms with Crippen LogP contribution in [0.25, 0.3) is 0 Å². The van der Waals surface area contributed by atoms with E-state index in [4.69, 9.17) is 5.73 Å². The van der Waals surface area contributed by atoms with Crippen molar-refractivity contribution in [2.75, 3.05) is 13.1 Å². The summed E-state index contributed by atoms with van der Waals surface area (Å²) in [6, 6.07) is 1.85. The van der Waals surface area contributed by atoms with Crippen molar-refractivity contribution in [3.05, 3.63) is 0 Å². The Hall–Kier alpha value is 0.500. The van der Waals surface area contributed by atoms with Gasteiger partial charge in [-0.05, 0) is 25.7 Å². The highest BCUT2D eigenvalue weighted by atomic mass is 35.5. The van der Waals surface area contributed by atoms with Crippen LogP contribution in [0.3, 0.4) is 0 Å². The van der Waals surface area contributed by atoms with E-state index >= 15 is 0 Å².